The number of halogens is 1. The molecule has 0 bridgehead atoms. The topological polar surface area (TPSA) is 80.3 Å². The molecule has 0 aliphatic carbocycles. The van der Waals surface area contributed by atoms with Crippen LogP contribution in [0.5, 0.6) is 0 Å². The second-order valence-corrected chi connectivity index (χ2v) is 6.44. The number of H-pyrrole nitrogens is 1. The van der Waals surface area contributed by atoms with Crippen molar-refractivity contribution in [3.63, 3.8) is 0 Å². The van der Waals surface area contributed by atoms with Crippen LogP contribution in [0.4, 0.5) is 9.18 Å². The second kappa shape index (κ2) is 7.32. The lowest BCUT2D eigenvalue weighted by Gasteiger charge is -2.31. The normalized spacial score (nSPS) is 17.3. The van der Waals surface area contributed by atoms with Gasteiger partial charge in [-0.25, -0.2) is 19.2 Å². The Labute approximate surface area is 155 Å². The van der Waals surface area contributed by atoms with Crippen LogP contribution in [-0.2, 0) is 16.1 Å². The number of imidazole rings is 1. The first-order chi connectivity index (χ1) is 13.1. The number of nitrogens with one attached hydrogen (secondary N) is 1. The third-order valence-corrected chi connectivity index (χ3v) is 4.49. The summed E-state index contributed by atoms with van der Waals surface area (Å²) in [5.74, 6) is 0.358. The van der Waals surface area contributed by atoms with Gasteiger partial charge in [-0.15, -0.1) is 0 Å². The minimum absolute atomic E-state index is 0.0938. The van der Waals surface area contributed by atoms with Crippen LogP contribution < -0.4 is 0 Å². The molecule has 0 saturated carbocycles. The van der Waals surface area contributed by atoms with E-state index in [1.807, 2.05) is 12.1 Å². The quantitative estimate of drug-likeness (QED) is 0.766. The van der Waals surface area contributed by atoms with Crippen molar-refractivity contribution in [2.24, 2.45) is 0 Å². The molecule has 1 aliphatic rings. The minimum Gasteiger partial charge on any atom is -0.445 e. The van der Waals surface area contributed by atoms with E-state index in [-0.39, 0.29) is 18.5 Å². The maximum Gasteiger partial charge on any atom is 0.410 e. The molecule has 0 unspecified atom stereocenters. The number of hydrogen-bond acceptors (Lipinski definition) is 5. The number of morpholine rings is 1. The first kappa shape index (κ1) is 17.4. The fraction of sp³-hybridized carbons (Fsp3) is 0.316. The highest BCUT2D eigenvalue weighted by molar-refractivity contribution is 5.70. The molecule has 7 nitrogen and oxygen atoms in total. The van der Waals surface area contributed by atoms with Crippen molar-refractivity contribution < 1.29 is 18.7 Å². The summed E-state index contributed by atoms with van der Waals surface area (Å²) < 4.78 is 24.5. The molecule has 0 spiro atoms. The molecule has 3 heterocycles. The average Bonchev–Trinajstić information content (AvgIpc) is 3.13. The van der Waals surface area contributed by atoms with Gasteiger partial charge in [0.25, 0.3) is 0 Å². The van der Waals surface area contributed by atoms with E-state index >= 15 is 0 Å². The first-order valence-corrected chi connectivity index (χ1v) is 8.69. The van der Waals surface area contributed by atoms with Gasteiger partial charge in [0, 0.05) is 12.7 Å². The Morgan fingerprint density at radius 2 is 2.33 bits per heavy atom. The van der Waals surface area contributed by atoms with Crippen LogP contribution in [0, 0.1) is 12.7 Å². The molecule has 2 aromatic heterocycles. The molecule has 1 N–H and O–H groups in total. The maximum absolute atomic E-state index is 13.3. The van der Waals surface area contributed by atoms with Crippen molar-refractivity contribution in [1.29, 1.82) is 0 Å². The van der Waals surface area contributed by atoms with Gasteiger partial charge in [-0.2, -0.15) is 0 Å². The molecule has 0 radical (unpaired) electrons. The molecule has 140 valence electrons. The zero-order chi connectivity index (χ0) is 18.8. The number of aromatic nitrogens is 3. The van der Waals surface area contributed by atoms with Gasteiger partial charge in [-0.05, 0) is 42.3 Å². The minimum atomic E-state index is -0.431. The monoisotopic (exact) mass is 370 g/mol. The zero-order valence-corrected chi connectivity index (χ0v) is 14.8. The van der Waals surface area contributed by atoms with Gasteiger partial charge in [0.2, 0.25) is 0 Å². The van der Waals surface area contributed by atoms with E-state index in [0.717, 1.165) is 11.1 Å². The Kier molecular flexibility index (Phi) is 4.72. The van der Waals surface area contributed by atoms with Crippen molar-refractivity contribution in [3.05, 3.63) is 59.3 Å². The fourth-order valence-corrected chi connectivity index (χ4v) is 3.03. The third kappa shape index (κ3) is 3.75. The van der Waals surface area contributed by atoms with Crippen molar-refractivity contribution in [3.8, 4) is 0 Å². The maximum atomic E-state index is 13.3. The Morgan fingerprint density at radius 3 is 3.15 bits per heavy atom. The van der Waals surface area contributed by atoms with E-state index in [1.165, 1.54) is 6.07 Å². The molecule has 1 amide bonds. The van der Waals surface area contributed by atoms with Crippen molar-refractivity contribution in [1.82, 2.24) is 19.9 Å². The number of aryl methyl sites for hydroxylation is 1. The molecule has 1 saturated heterocycles. The summed E-state index contributed by atoms with van der Waals surface area (Å²) in [5, 5.41) is 0. The van der Waals surface area contributed by atoms with Gasteiger partial charge in [0.15, 0.2) is 5.65 Å². The molecule has 4 rings (SSSR count). The van der Waals surface area contributed by atoms with Gasteiger partial charge in [-0.3, -0.25) is 0 Å². The number of pyridine rings is 1. The van der Waals surface area contributed by atoms with Crippen molar-refractivity contribution >= 4 is 17.3 Å². The fourth-order valence-electron chi connectivity index (χ4n) is 3.03. The number of nitrogens with zero attached hydrogens (tertiary/aromatic N) is 3. The average molecular weight is 370 g/mol. The highest BCUT2D eigenvalue weighted by atomic mass is 19.1. The van der Waals surface area contributed by atoms with E-state index in [1.54, 1.807) is 30.2 Å². The molecular formula is C19H19FN4O3. The lowest BCUT2D eigenvalue weighted by atomic mass is 10.1. The smallest absolute Gasteiger partial charge is 0.410 e. The number of aromatic amines is 1. The summed E-state index contributed by atoms with van der Waals surface area (Å²) in [4.78, 5) is 25.8. The number of carbonyl (C=O) groups excluding carboxylic acids is 1. The lowest BCUT2D eigenvalue weighted by molar-refractivity contribution is -0.0330. The van der Waals surface area contributed by atoms with Crippen LogP contribution in [0.15, 0.2) is 36.5 Å². The van der Waals surface area contributed by atoms with Gasteiger partial charge in [-0.1, -0.05) is 6.07 Å². The molecule has 27 heavy (non-hydrogen) atoms. The molecule has 1 aromatic carbocycles. The van der Waals surface area contributed by atoms with Crippen molar-refractivity contribution in [2.45, 2.75) is 19.6 Å². The second-order valence-electron chi connectivity index (χ2n) is 6.44. The molecule has 1 aliphatic heterocycles. The summed E-state index contributed by atoms with van der Waals surface area (Å²) in [6, 6.07) is 8.37. The van der Waals surface area contributed by atoms with Crippen LogP contribution in [0.25, 0.3) is 11.2 Å². The molecule has 1 atom stereocenters. The Morgan fingerprint density at radius 1 is 1.44 bits per heavy atom. The molecular weight excluding hydrogens is 351 g/mol. The predicted octanol–water partition coefficient (Wildman–Crippen LogP) is 3.12. The molecule has 3 aromatic rings. The predicted molar refractivity (Wildman–Crippen MR) is 95.5 cm³/mol. The van der Waals surface area contributed by atoms with E-state index < -0.39 is 6.09 Å². The zero-order valence-electron chi connectivity index (χ0n) is 14.8. The van der Waals surface area contributed by atoms with Gasteiger partial charge in [0.05, 0.1) is 18.7 Å². The van der Waals surface area contributed by atoms with Crippen LogP contribution in [0.1, 0.15) is 23.1 Å². The van der Waals surface area contributed by atoms with E-state index in [2.05, 4.69) is 15.0 Å². The largest absolute Gasteiger partial charge is 0.445 e. The third-order valence-electron chi connectivity index (χ3n) is 4.49. The number of hydrogen-bond donors (Lipinski definition) is 1. The van der Waals surface area contributed by atoms with Crippen LogP contribution in [0.3, 0.4) is 0 Å². The summed E-state index contributed by atoms with van der Waals surface area (Å²) in [6.45, 7) is 2.93. The number of amides is 1. The standard InChI is InChI=1S/C19H19FN4O3/c1-12-9-13(4-5-14(12)20)11-27-19(25)24-7-8-26-16(10-24)18-22-15-3-2-6-21-17(15)23-18/h2-6,9,16H,7-8,10-11H2,1H3,(H,21,22,23)/t16-/m0/s1. The Hall–Kier alpha value is -3.00. The van der Waals surface area contributed by atoms with Crippen LogP contribution >= 0.6 is 0 Å². The summed E-state index contributed by atoms with van der Waals surface area (Å²) in [7, 11) is 0. The van der Waals surface area contributed by atoms with E-state index in [0.29, 0.717) is 36.7 Å². The highest BCUT2D eigenvalue weighted by Gasteiger charge is 2.28. The molecule has 8 heteroatoms. The highest BCUT2D eigenvalue weighted by Crippen LogP contribution is 2.22. The number of ether oxygens (including phenoxy) is 2. The summed E-state index contributed by atoms with van der Waals surface area (Å²) >= 11 is 0. The van der Waals surface area contributed by atoms with Gasteiger partial charge < -0.3 is 19.4 Å². The Bertz CT molecular complexity index is 941. The van der Waals surface area contributed by atoms with Crippen LogP contribution in [-0.4, -0.2) is 45.6 Å². The Balaban J connectivity index is 1.39. The number of rotatable bonds is 3. The van der Waals surface area contributed by atoms with Crippen LogP contribution in [0.2, 0.25) is 0 Å². The summed E-state index contributed by atoms with van der Waals surface area (Å²) in [6.07, 6.45) is 0.878. The molecule has 1 fully saturated rings. The lowest BCUT2D eigenvalue weighted by Crippen LogP contribution is -2.42. The van der Waals surface area contributed by atoms with Gasteiger partial charge in [0.1, 0.15) is 24.4 Å². The summed E-state index contributed by atoms with van der Waals surface area (Å²) in [5.41, 5.74) is 2.70. The number of benzene rings is 1. The van der Waals surface area contributed by atoms with E-state index in [9.17, 15) is 9.18 Å². The first-order valence-electron chi connectivity index (χ1n) is 8.69. The van der Waals surface area contributed by atoms with E-state index in [4.69, 9.17) is 9.47 Å². The van der Waals surface area contributed by atoms with Crippen molar-refractivity contribution in [2.75, 3.05) is 19.7 Å². The number of carbonyl (C=O) groups is 1. The van der Waals surface area contributed by atoms with Gasteiger partial charge >= 0.3 is 6.09 Å². The SMILES string of the molecule is Cc1cc(COC(=O)N2CCO[C@H](c3nc4ncccc4[nH]3)C2)ccc1F. The number of fused-ring (bicyclic) bond motifs is 1.